The third-order valence-corrected chi connectivity index (χ3v) is 1.52. The minimum atomic E-state index is -3.01. The van der Waals surface area contributed by atoms with Crippen molar-refractivity contribution < 1.29 is 18.0 Å². The number of hydrogen-bond donors (Lipinski definition) is 0. The third-order valence-electron chi connectivity index (χ3n) is 1.33. The van der Waals surface area contributed by atoms with Gasteiger partial charge >= 0.3 is 0 Å². The molecule has 0 atom stereocenters. The first-order valence-corrected chi connectivity index (χ1v) is 3.53. The van der Waals surface area contributed by atoms with Gasteiger partial charge in [-0.15, -0.1) is 0 Å². The number of pyridine rings is 1. The van der Waals surface area contributed by atoms with Crippen molar-refractivity contribution in [3.63, 3.8) is 0 Å². The Labute approximate surface area is 76.3 Å². The molecule has 13 heavy (non-hydrogen) atoms. The van der Waals surface area contributed by atoms with Gasteiger partial charge in [-0.3, -0.25) is 4.79 Å². The third kappa shape index (κ3) is 1.98. The monoisotopic (exact) mass is 209 g/mol. The van der Waals surface area contributed by atoms with Gasteiger partial charge < -0.3 is 0 Å². The van der Waals surface area contributed by atoms with Gasteiger partial charge in [-0.2, -0.15) is 0 Å². The summed E-state index contributed by atoms with van der Waals surface area (Å²) in [4.78, 5) is 13.4. The second-order valence-electron chi connectivity index (χ2n) is 2.15. The lowest BCUT2D eigenvalue weighted by molar-refractivity contribution is 0.111. The SMILES string of the molecule is O=Cc1nc(Cl)cc(C(F)F)c1F. The topological polar surface area (TPSA) is 30.0 Å². The fourth-order valence-corrected chi connectivity index (χ4v) is 0.981. The van der Waals surface area contributed by atoms with Crippen LogP contribution in [-0.4, -0.2) is 11.3 Å². The van der Waals surface area contributed by atoms with Crippen molar-refractivity contribution >= 4 is 17.9 Å². The number of hydrogen-bond acceptors (Lipinski definition) is 2. The summed E-state index contributed by atoms with van der Waals surface area (Å²) in [5.41, 5.74) is -1.62. The second-order valence-corrected chi connectivity index (χ2v) is 2.54. The van der Waals surface area contributed by atoms with Crippen molar-refractivity contribution in [2.75, 3.05) is 0 Å². The van der Waals surface area contributed by atoms with E-state index in [1.807, 2.05) is 0 Å². The molecule has 0 radical (unpaired) electrons. The van der Waals surface area contributed by atoms with Crippen LogP contribution in [0.4, 0.5) is 13.2 Å². The van der Waals surface area contributed by atoms with Crippen LogP contribution in [0.25, 0.3) is 0 Å². The molecule has 2 nitrogen and oxygen atoms in total. The molecular formula is C7H3ClF3NO. The number of aldehydes is 1. The average molecular weight is 210 g/mol. The summed E-state index contributed by atoms with van der Waals surface area (Å²) in [5, 5.41) is -0.334. The van der Waals surface area contributed by atoms with Crippen LogP contribution in [-0.2, 0) is 0 Å². The van der Waals surface area contributed by atoms with Crippen LogP contribution in [0, 0.1) is 5.82 Å². The minimum absolute atomic E-state index is 0.0348. The molecular weight excluding hydrogens is 207 g/mol. The average Bonchev–Trinajstić information content (AvgIpc) is 2.08. The summed E-state index contributed by atoms with van der Waals surface area (Å²) in [6.45, 7) is 0. The largest absolute Gasteiger partial charge is 0.296 e. The summed E-state index contributed by atoms with van der Waals surface area (Å²) < 4.78 is 37.0. The van der Waals surface area contributed by atoms with E-state index in [1.165, 1.54) is 0 Å². The molecule has 0 saturated carbocycles. The molecule has 0 saturated heterocycles. The van der Waals surface area contributed by atoms with Gasteiger partial charge in [0.15, 0.2) is 12.1 Å². The number of carbonyl (C=O) groups excluding carboxylic acids is 1. The van der Waals surface area contributed by atoms with Gasteiger partial charge in [0.2, 0.25) is 0 Å². The molecule has 0 unspecified atom stereocenters. The maximum absolute atomic E-state index is 12.9. The molecule has 1 aromatic rings. The van der Waals surface area contributed by atoms with Crippen LogP contribution in [0.3, 0.4) is 0 Å². The molecule has 1 rings (SSSR count). The molecule has 0 N–H and O–H groups in total. The maximum atomic E-state index is 12.9. The Balaban J connectivity index is 3.35. The molecule has 1 heterocycles. The molecule has 0 spiro atoms. The highest BCUT2D eigenvalue weighted by molar-refractivity contribution is 6.29. The Kier molecular flexibility index (Phi) is 2.87. The molecule has 0 amide bonds. The zero-order valence-corrected chi connectivity index (χ0v) is 6.86. The molecule has 0 aliphatic heterocycles. The molecule has 70 valence electrons. The van der Waals surface area contributed by atoms with Gasteiger partial charge in [0.1, 0.15) is 10.8 Å². The zero-order valence-electron chi connectivity index (χ0n) is 6.10. The first-order chi connectivity index (χ1) is 6.06. The quantitative estimate of drug-likeness (QED) is 0.554. The summed E-state index contributed by atoms with van der Waals surface area (Å²) >= 11 is 5.27. The number of carbonyl (C=O) groups is 1. The van der Waals surface area contributed by atoms with Crippen LogP contribution >= 0.6 is 11.6 Å². The molecule has 0 fully saturated rings. The van der Waals surface area contributed by atoms with Gasteiger partial charge in [-0.05, 0) is 6.07 Å². The minimum Gasteiger partial charge on any atom is -0.296 e. The van der Waals surface area contributed by atoms with Gasteiger partial charge in [-0.1, -0.05) is 11.6 Å². The predicted octanol–water partition coefficient (Wildman–Crippen LogP) is 2.62. The fourth-order valence-electron chi connectivity index (χ4n) is 0.773. The number of alkyl halides is 2. The van der Waals surface area contributed by atoms with E-state index in [2.05, 4.69) is 4.98 Å². The normalized spacial score (nSPS) is 10.5. The standard InChI is InChI=1S/C7H3ClF3NO/c8-5-1-3(7(10)11)6(9)4(2-13)12-5/h1-2,7H. The van der Waals surface area contributed by atoms with Crippen molar-refractivity contribution in [2.45, 2.75) is 6.43 Å². The fraction of sp³-hybridized carbons (Fsp3) is 0.143. The Hall–Kier alpha value is -1.10. The van der Waals surface area contributed by atoms with Crippen LogP contribution in [0.1, 0.15) is 22.5 Å². The number of rotatable bonds is 2. The smallest absolute Gasteiger partial charge is 0.266 e. The summed E-state index contributed by atoms with van der Waals surface area (Å²) in [5.74, 6) is -1.32. The van der Waals surface area contributed by atoms with Crippen LogP contribution in [0.15, 0.2) is 6.07 Å². The lowest BCUT2D eigenvalue weighted by atomic mass is 10.2. The highest BCUT2D eigenvalue weighted by Gasteiger charge is 2.18. The lowest BCUT2D eigenvalue weighted by Crippen LogP contribution is -2.00. The number of aromatic nitrogens is 1. The van der Waals surface area contributed by atoms with E-state index in [-0.39, 0.29) is 11.4 Å². The summed E-state index contributed by atoms with van der Waals surface area (Å²) in [6, 6.07) is 0.689. The summed E-state index contributed by atoms with van der Waals surface area (Å²) in [7, 11) is 0. The van der Waals surface area contributed by atoms with Gasteiger partial charge in [0, 0.05) is 0 Å². The van der Waals surface area contributed by atoms with Crippen molar-refractivity contribution in [1.29, 1.82) is 0 Å². The molecule has 0 aromatic carbocycles. The molecule has 0 aliphatic carbocycles. The van der Waals surface area contributed by atoms with E-state index in [9.17, 15) is 18.0 Å². The Morgan fingerprint density at radius 1 is 1.54 bits per heavy atom. The Morgan fingerprint density at radius 2 is 2.15 bits per heavy atom. The highest BCUT2D eigenvalue weighted by Crippen LogP contribution is 2.25. The second kappa shape index (κ2) is 3.74. The van der Waals surface area contributed by atoms with Gasteiger partial charge in [-0.25, -0.2) is 18.2 Å². The molecule has 0 bridgehead atoms. The lowest BCUT2D eigenvalue weighted by Gasteiger charge is -2.03. The van der Waals surface area contributed by atoms with Crippen molar-refractivity contribution in [1.82, 2.24) is 4.98 Å². The van der Waals surface area contributed by atoms with E-state index in [1.54, 1.807) is 0 Å². The Morgan fingerprint density at radius 3 is 2.62 bits per heavy atom. The van der Waals surface area contributed by atoms with Crippen molar-refractivity contribution in [3.8, 4) is 0 Å². The zero-order chi connectivity index (χ0) is 10.0. The highest BCUT2D eigenvalue weighted by atomic mass is 35.5. The molecule has 6 heteroatoms. The van der Waals surface area contributed by atoms with Gasteiger partial charge in [0.05, 0.1) is 5.56 Å². The van der Waals surface area contributed by atoms with Crippen LogP contribution < -0.4 is 0 Å². The predicted molar refractivity (Wildman–Crippen MR) is 39.5 cm³/mol. The number of nitrogens with zero attached hydrogens (tertiary/aromatic N) is 1. The van der Waals surface area contributed by atoms with Crippen molar-refractivity contribution in [3.05, 3.63) is 28.3 Å². The van der Waals surface area contributed by atoms with Crippen LogP contribution in [0.5, 0.6) is 0 Å². The van der Waals surface area contributed by atoms with Crippen molar-refractivity contribution in [2.24, 2.45) is 0 Å². The first kappa shape index (κ1) is 9.98. The molecule has 0 aliphatic rings. The Bertz CT molecular complexity index is 343. The first-order valence-electron chi connectivity index (χ1n) is 3.15. The van der Waals surface area contributed by atoms with E-state index >= 15 is 0 Å². The van der Waals surface area contributed by atoms with E-state index in [0.717, 1.165) is 0 Å². The molecule has 1 aromatic heterocycles. The van der Waals surface area contributed by atoms with E-state index in [0.29, 0.717) is 6.07 Å². The maximum Gasteiger partial charge on any atom is 0.266 e. The van der Waals surface area contributed by atoms with Gasteiger partial charge in [0.25, 0.3) is 6.43 Å². The summed E-state index contributed by atoms with van der Waals surface area (Å²) in [6.07, 6.45) is -2.98. The number of halogens is 4. The van der Waals surface area contributed by atoms with E-state index in [4.69, 9.17) is 11.6 Å². The van der Waals surface area contributed by atoms with E-state index < -0.39 is 23.5 Å². The van der Waals surface area contributed by atoms with Crippen LogP contribution in [0.2, 0.25) is 5.15 Å².